The minimum atomic E-state index is -0.824. The molecule has 7 nitrogen and oxygen atoms in total. The lowest BCUT2D eigenvalue weighted by atomic mass is 10.2. The highest BCUT2D eigenvalue weighted by Crippen LogP contribution is 2.22. The van der Waals surface area contributed by atoms with Crippen molar-refractivity contribution in [3.8, 4) is 23.6 Å². The summed E-state index contributed by atoms with van der Waals surface area (Å²) in [6.45, 7) is 2.96. The van der Waals surface area contributed by atoms with Gasteiger partial charge in [-0.3, -0.25) is 0 Å². The molecule has 2 aromatic carbocycles. The fraction of sp³-hybridized carbons (Fsp3) is 0.200. The molecule has 0 unspecified atom stereocenters. The topological polar surface area (TPSA) is 109 Å². The van der Waals surface area contributed by atoms with Gasteiger partial charge in [-0.2, -0.15) is 10.5 Å². The van der Waals surface area contributed by atoms with Crippen LogP contribution in [0.25, 0.3) is 0 Å². The Kier molecular flexibility index (Phi) is 6.51. The Morgan fingerprint density at radius 2 is 1.07 bits per heavy atom. The van der Waals surface area contributed by atoms with E-state index in [9.17, 15) is 9.59 Å². The van der Waals surface area contributed by atoms with E-state index in [4.69, 9.17) is 24.7 Å². The number of hydrogen-bond acceptors (Lipinski definition) is 7. The highest BCUT2D eigenvalue weighted by atomic mass is 16.5. The molecule has 0 heterocycles. The molecule has 2 aromatic rings. The number of esters is 2. The van der Waals surface area contributed by atoms with Gasteiger partial charge in [0, 0.05) is 0 Å². The van der Waals surface area contributed by atoms with Crippen molar-refractivity contribution in [1.29, 1.82) is 10.5 Å². The van der Waals surface area contributed by atoms with Gasteiger partial charge in [-0.1, -0.05) is 0 Å². The van der Waals surface area contributed by atoms with Gasteiger partial charge in [-0.05, 0) is 62.4 Å². The maximum atomic E-state index is 11.8. The average Bonchev–Trinajstić information content (AvgIpc) is 2.68. The summed E-state index contributed by atoms with van der Waals surface area (Å²) >= 11 is 0. The van der Waals surface area contributed by atoms with Gasteiger partial charge in [0.25, 0.3) is 0 Å². The molecule has 0 amide bonds. The van der Waals surface area contributed by atoms with Crippen molar-refractivity contribution in [2.24, 2.45) is 0 Å². The Hall–Kier alpha value is -3.84. The van der Waals surface area contributed by atoms with Crippen LogP contribution >= 0.6 is 0 Å². The maximum Gasteiger partial charge on any atom is 0.339 e. The fourth-order valence-electron chi connectivity index (χ4n) is 1.96. The second kappa shape index (κ2) is 9.02. The predicted molar refractivity (Wildman–Crippen MR) is 93.9 cm³/mol. The van der Waals surface area contributed by atoms with E-state index in [1.807, 2.05) is 12.1 Å². The first-order valence-electron chi connectivity index (χ1n) is 8.02. The summed E-state index contributed by atoms with van der Waals surface area (Å²) in [5, 5.41) is 17.3. The zero-order chi connectivity index (χ0) is 19.8. The Morgan fingerprint density at radius 1 is 0.741 bits per heavy atom. The number of nitrogens with zero attached hydrogens (tertiary/aromatic N) is 2. The van der Waals surface area contributed by atoms with Gasteiger partial charge in [0.15, 0.2) is 12.2 Å². The molecule has 2 atom stereocenters. The van der Waals surface area contributed by atoms with Gasteiger partial charge in [0.1, 0.15) is 23.6 Å². The van der Waals surface area contributed by atoms with Crippen molar-refractivity contribution in [2.75, 3.05) is 0 Å². The Morgan fingerprint density at radius 3 is 1.37 bits per heavy atom. The molecular formula is C20H16N2O5. The van der Waals surface area contributed by atoms with Crippen LogP contribution in [0, 0.1) is 22.7 Å². The van der Waals surface area contributed by atoms with Gasteiger partial charge in [-0.25, -0.2) is 9.59 Å². The van der Waals surface area contributed by atoms with Crippen LogP contribution in [0.15, 0.2) is 48.5 Å². The highest BCUT2D eigenvalue weighted by molar-refractivity contribution is 5.90. The number of rotatable bonds is 6. The average molecular weight is 364 g/mol. The molecule has 0 radical (unpaired) electrons. The van der Waals surface area contributed by atoms with E-state index in [2.05, 4.69) is 0 Å². The molecule has 7 heteroatoms. The van der Waals surface area contributed by atoms with Crippen molar-refractivity contribution in [3.05, 3.63) is 59.7 Å². The van der Waals surface area contributed by atoms with Crippen LogP contribution in [0.3, 0.4) is 0 Å². The molecule has 2 rings (SSSR count). The Balaban J connectivity index is 1.99. The quantitative estimate of drug-likeness (QED) is 0.720. The Bertz CT molecular complexity index is 816. The van der Waals surface area contributed by atoms with E-state index in [1.54, 1.807) is 24.3 Å². The molecule has 0 aliphatic carbocycles. The SMILES string of the molecule is C[C@H](C#N)OC(=O)c1ccc(Oc2ccc(C(=O)O[C@@H](C)C#N)cc2)cc1. The standard InChI is InChI=1S/C20H16N2O5/c1-13(11-21)25-19(23)15-3-7-17(8-4-15)27-18-9-5-16(6-10-18)20(24)26-14(2)12-22/h3-10,13-14H,1-2H3/t13-,14+. The fourth-order valence-corrected chi connectivity index (χ4v) is 1.96. The molecule has 0 aromatic heterocycles. The van der Waals surface area contributed by atoms with Crippen LogP contribution in [0.1, 0.15) is 34.6 Å². The number of carbonyl (C=O) groups is 2. The zero-order valence-electron chi connectivity index (χ0n) is 14.7. The molecule has 136 valence electrons. The van der Waals surface area contributed by atoms with Crippen molar-refractivity contribution >= 4 is 11.9 Å². The summed E-state index contributed by atoms with van der Waals surface area (Å²) in [5.41, 5.74) is 0.600. The van der Waals surface area contributed by atoms with Crippen molar-refractivity contribution in [1.82, 2.24) is 0 Å². The molecule has 0 saturated carbocycles. The maximum absolute atomic E-state index is 11.8. The molecule has 0 saturated heterocycles. The third-order valence-corrected chi connectivity index (χ3v) is 3.35. The van der Waals surface area contributed by atoms with Crippen molar-refractivity contribution in [2.45, 2.75) is 26.1 Å². The van der Waals surface area contributed by atoms with Gasteiger partial charge in [-0.15, -0.1) is 0 Å². The number of nitriles is 2. The largest absolute Gasteiger partial charge is 0.457 e. The first kappa shape index (κ1) is 19.5. The summed E-state index contributed by atoms with van der Waals surface area (Å²) in [5.74, 6) is -0.225. The van der Waals surface area contributed by atoms with Crippen LogP contribution in [0.2, 0.25) is 0 Å². The molecule has 0 aliphatic heterocycles. The molecule has 0 bridgehead atoms. The summed E-state index contributed by atoms with van der Waals surface area (Å²) in [6.07, 6.45) is -1.65. The lowest BCUT2D eigenvalue weighted by molar-refractivity contribution is 0.0425. The Labute approximate surface area is 156 Å². The summed E-state index contributed by atoms with van der Waals surface area (Å²) in [6, 6.07) is 16.1. The van der Waals surface area contributed by atoms with Gasteiger partial charge >= 0.3 is 11.9 Å². The first-order valence-corrected chi connectivity index (χ1v) is 8.02. The molecule has 0 N–H and O–H groups in total. The predicted octanol–water partition coefficient (Wildman–Crippen LogP) is 3.62. The van der Waals surface area contributed by atoms with Crippen LogP contribution in [0.5, 0.6) is 11.5 Å². The van der Waals surface area contributed by atoms with E-state index in [0.717, 1.165) is 0 Å². The third kappa shape index (κ3) is 5.58. The summed E-state index contributed by atoms with van der Waals surface area (Å²) < 4.78 is 15.5. The summed E-state index contributed by atoms with van der Waals surface area (Å²) in [7, 11) is 0. The molecule has 27 heavy (non-hydrogen) atoms. The normalized spacial score (nSPS) is 12.0. The van der Waals surface area contributed by atoms with Gasteiger partial charge in [0.2, 0.25) is 0 Å². The lowest BCUT2D eigenvalue weighted by Gasteiger charge is -2.09. The lowest BCUT2D eigenvalue weighted by Crippen LogP contribution is -2.13. The number of ether oxygens (including phenoxy) is 3. The molecule has 0 spiro atoms. The highest BCUT2D eigenvalue weighted by Gasteiger charge is 2.13. The first-order chi connectivity index (χ1) is 12.9. The van der Waals surface area contributed by atoms with Gasteiger partial charge in [0.05, 0.1) is 11.1 Å². The molecular weight excluding hydrogens is 348 g/mol. The molecule has 0 aliphatic rings. The van der Waals surface area contributed by atoms with Crippen molar-refractivity contribution < 1.29 is 23.8 Å². The molecule has 0 fully saturated rings. The summed E-state index contributed by atoms with van der Waals surface area (Å²) in [4.78, 5) is 23.6. The monoisotopic (exact) mass is 364 g/mol. The van der Waals surface area contributed by atoms with Crippen LogP contribution in [-0.2, 0) is 9.47 Å². The minimum Gasteiger partial charge on any atom is -0.457 e. The smallest absolute Gasteiger partial charge is 0.339 e. The second-order valence-electron chi connectivity index (χ2n) is 5.50. The van der Waals surface area contributed by atoms with Crippen LogP contribution in [0.4, 0.5) is 0 Å². The van der Waals surface area contributed by atoms with E-state index in [1.165, 1.54) is 38.1 Å². The minimum absolute atomic E-state index is 0.300. The van der Waals surface area contributed by atoms with E-state index in [-0.39, 0.29) is 0 Å². The number of carbonyl (C=O) groups excluding carboxylic acids is 2. The van der Waals surface area contributed by atoms with E-state index in [0.29, 0.717) is 22.6 Å². The van der Waals surface area contributed by atoms with E-state index >= 15 is 0 Å². The van der Waals surface area contributed by atoms with E-state index < -0.39 is 24.1 Å². The van der Waals surface area contributed by atoms with Crippen LogP contribution < -0.4 is 4.74 Å². The number of hydrogen-bond donors (Lipinski definition) is 0. The number of benzene rings is 2. The third-order valence-electron chi connectivity index (χ3n) is 3.35. The van der Waals surface area contributed by atoms with Crippen LogP contribution in [-0.4, -0.2) is 24.1 Å². The zero-order valence-corrected chi connectivity index (χ0v) is 14.7. The van der Waals surface area contributed by atoms with Crippen molar-refractivity contribution in [3.63, 3.8) is 0 Å². The van der Waals surface area contributed by atoms with Gasteiger partial charge < -0.3 is 14.2 Å². The second-order valence-corrected chi connectivity index (χ2v) is 5.50.